The maximum absolute atomic E-state index is 12.8. The molecule has 1 aromatic carbocycles. The van der Waals surface area contributed by atoms with Crippen molar-refractivity contribution in [1.82, 2.24) is 14.8 Å². The van der Waals surface area contributed by atoms with E-state index in [1.165, 1.54) is 4.90 Å². The lowest BCUT2D eigenvalue weighted by Crippen LogP contribution is -2.42. The second-order valence-corrected chi connectivity index (χ2v) is 6.94. The van der Waals surface area contributed by atoms with E-state index in [-0.39, 0.29) is 60.7 Å². The van der Waals surface area contributed by atoms with Gasteiger partial charge < -0.3 is 10.6 Å². The molecule has 9 heteroatoms. The van der Waals surface area contributed by atoms with E-state index in [0.29, 0.717) is 24.2 Å². The number of carbonyl (C=O) groups excluding carboxylic acids is 3. The first-order valence-corrected chi connectivity index (χ1v) is 8.98. The molecule has 0 unspecified atom stereocenters. The molecular weight excluding hydrogens is 415 g/mol. The summed E-state index contributed by atoms with van der Waals surface area (Å²) in [5.41, 5.74) is 7.76. The normalized spacial score (nSPS) is 16.2. The number of pyridine rings is 1. The Balaban J connectivity index is 0.00000150. The van der Waals surface area contributed by atoms with Crippen LogP contribution in [0.2, 0.25) is 0 Å². The van der Waals surface area contributed by atoms with E-state index in [0.717, 1.165) is 18.4 Å². The van der Waals surface area contributed by atoms with Crippen molar-refractivity contribution < 1.29 is 14.4 Å². The number of benzene rings is 1. The Kier molecular flexibility index (Phi) is 7.35. The molecule has 0 saturated carbocycles. The van der Waals surface area contributed by atoms with Crippen LogP contribution in [0, 0.1) is 0 Å². The van der Waals surface area contributed by atoms with Crippen molar-refractivity contribution in [2.24, 2.45) is 5.73 Å². The molecule has 2 N–H and O–H groups in total. The number of aromatic nitrogens is 1. The Bertz CT molecular complexity index is 915. The zero-order chi connectivity index (χ0) is 19.0. The molecule has 1 fully saturated rings. The molecule has 0 radical (unpaired) electrons. The molecule has 3 amide bonds. The van der Waals surface area contributed by atoms with Gasteiger partial charge >= 0.3 is 0 Å². The zero-order valence-corrected chi connectivity index (χ0v) is 17.2. The topological polar surface area (TPSA) is 96.6 Å². The van der Waals surface area contributed by atoms with Crippen molar-refractivity contribution in [1.29, 1.82) is 0 Å². The molecule has 3 heterocycles. The minimum absolute atomic E-state index is 0. The third-order valence-corrected chi connectivity index (χ3v) is 5.13. The fourth-order valence-corrected chi connectivity index (χ4v) is 3.52. The van der Waals surface area contributed by atoms with Crippen LogP contribution < -0.4 is 5.73 Å². The van der Waals surface area contributed by atoms with Crippen LogP contribution in [0.5, 0.6) is 0 Å². The quantitative estimate of drug-likeness (QED) is 0.744. The highest BCUT2D eigenvalue weighted by atomic mass is 35.5. The number of nitrogens with two attached hydrogens (primary N) is 1. The minimum atomic E-state index is -0.373. The van der Waals surface area contributed by atoms with Gasteiger partial charge in [-0.05, 0) is 48.7 Å². The minimum Gasteiger partial charge on any atom is -0.339 e. The number of imide groups is 1. The summed E-state index contributed by atoms with van der Waals surface area (Å²) in [5, 5.41) is 0. The molecule has 29 heavy (non-hydrogen) atoms. The fourth-order valence-electron chi connectivity index (χ4n) is 3.52. The molecule has 1 saturated heterocycles. The van der Waals surface area contributed by atoms with Crippen LogP contribution >= 0.6 is 24.8 Å². The largest absolute Gasteiger partial charge is 0.339 e. The standard InChI is InChI=1S/C20H20N4O3.2ClH/c21-15-5-9-23(10-6-15)18(25)14-1-2-16-17(11-14)20(27)24(19(16)26)12-13-3-7-22-8-4-13;;/h1-4,7-8,11,15H,5-6,9-10,12,21H2;2*1H. The van der Waals surface area contributed by atoms with Gasteiger partial charge in [-0.2, -0.15) is 0 Å². The number of likely N-dealkylation sites (tertiary alicyclic amines) is 1. The van der Waals surface area contributed by atoms with Crippen LogP contribution in [-0.2, 0) is 6.54 Å². The first kappa shape index (κ1) is 22.8. The van der Waals surface area contributed by atoms with Gasteiger partial charge in [0.05, 0.1) is 17.7 Å². The maximum Gasteiger partial charge on any atom is 0.261 e. The van der Waals surface area contributed by atoms with Gasteiger partial charge in [0.15, 0.2) is 0 Å². The second-order valence-electron chi connectivity index (χ2n) is 6.94. The number of rotatable bonds is 3. The van der Waals surface area contributed by atoms with Crippen molar-refractivity contribution in [3.8, 4) is 0 Å². The predicted octanol–water partition coefficient (Wildman–Crippen LogP) is 2.28. The van der Waals surface area contributed by atoms with E-state index in [9.17, 15) is 14.4 Å². The van der Waals surface area contributed by atoms with Gasteiger partial charge in [-0.25, -0.2) is 0 Å². The molecule has 0 aliphatic carbocycles. The van der Waals surface area contributed by atoms with E-state index in [2.05, 4.69) is 4.98 Å². The van der Waals surface area contributed by atoms with Crippen LogP contribution in [0.1, 0.15) is 49.5 Å². The number of fused-ring (bicyclic) bond motifs is 1. The molecule has 4 rings (SSSR count). The van der Waals surface area contributed by atoms with E-state index in [1.54, 1.807) is 47.6 Å². The van der Waals surface area contributed by atoms with E-state index in [4.69, 9.17) is 5.73 Å². The molecule has 0 spiro atoms. The van der Waals surface area contributed by atoms with Gasteiger partial charge in [-0.15, -0.1) is 24.8 Å². The third-order valence-electron chi connectivity index (χ3n) is 5.13. The molecule has 2 aliphatic heterocycles. The monoisotopic (exact) mass is 436 g/mol. The van der Waals surface area contributed by atoms with E-state index in [1.807, 2.05) is 0 Å². The summed E-state index contributed by atoms with van der Waals surface area (Å²) in [6, 6.07) is 8.40. The van der Waals surface area contributed by atoms with Gasteiger partial charge in [0.25, 0.3) is 17.7 Å². The number of amides is 3. The predicted molar refractivity (Wildman–Crippen MR) is 112 cm³/mol. The van der Waals surface area contributed by atoms with Gasteiger partial charge in [-0.3, -0.25) is 24.3 Å². The fraction of sp³-hybridized carbons (Fsp3) is 0.300. The summed E-state index contributed by atoms with van der Waals surface area (Å²) < 4.78 is 0. The average Bonchev–Trinajstić information content (AvgIpc) is 2.93. The number of hydrogen-bond acceptors (Lipinski definition) is 5. The van der Waals surface area contributed by atoms with Crippen LogP contribution in [-0.4, -0.2) is 51.6 Å². The third kappa shape index (κ3) is 4.42. The van der Waals surface area contributed by atoms with E-state index >= 15 is 0 Å². The Morgan fingerprint density at radius 3 is 2.28 bits per heavy atom. The lowest BCUT2D eigenvalue weighted by molar-refractivity contribution is 0.0641. The summed E-state index contributed by atoms with van der Waals surface area (Å²) >= 11 is 0. The molecule has 1 aromatic heterocycles. The van der Waals surface area contributed by atoms with Crippen LogP contribution in [0.25, 0.3) is 0 Å². The van der Waals surface area contributed by atoms with Crippen molar-refractivity contribution >= 4 is 42.5 Å². The number of hydrogen-bond donors (Lipinski definition) is 1. The highest BCUT2D eigenvalue weighted by molar-refractivity contribution is 6.22. The second kappa shape index (κ2) is 9.35. The maximum atomic E-state index is 12.8. The Hall–Kier alpha value is -2.48. The summed E-state index contributed by atoms with van der Waals surface area (Å²) in [6.45, 7) is 1.40. The molecule has 7 nitrogen and oxygen atoms in total. The summed E-state index contributed by atoms with van der Waals surface area (Å²) in [4.78, 5) is 45.0. The first-order chi connectivity index (χ1) is 13.0. The molecule has 154 valence electrons. The van der Waals surface area contributed by atoms with Crippen molar-refractivity contribution in [2.45, 2.75) is 25.4 Å². The molecule has 2 aliphatic rings. The molecule has 0 atom stereocenters. The first-order valence-electron chi connectivity index (χ1n) is 8.98. The van der Waals surface area contributed by atoms with Gasteiger partial charge in [0.1, 0.15) is 0 Å². The molecule has 2 aromatic rings. The van der Waals surface area contributed by atoms with Crippen molar-refractivity contribution in [3.63, 3.8) is 0 Å². The Labute approximate surface area is 181 Å². The lowest BCUT2D eigenvalue weighted by Gasteiger charge is -2.30. The van der Waals surface area contributed by atoms with Gasteiger partial charge in [0, 0.05) is 37.1 Å². The van der Waals surface area contributed by atoms with Gasteiger partial charge in [0.2, 0.25) is 0 Å². The highest BCUT2D eigenvalue weighted by Gasteiger charge is 2.36. The number of piperidine rings is 1. The van der Waals surface area contributed by atoms with Crippen molar-refractivity contribution in [3.05, 3.63) is 65.0 Å². The number of nitrogens with zero attached hydrogens (tertiary/aromatic N) is 3. The SMILES string of the molecule is Cl.Cl.NC1CCN(C(=O)c2ccc3c(c2)C(=O)N(Cc2ccncc2)C3=O)CC1. The summed E-state index contributed by atoms with van der Waals surface area (Å²) in [7, 11) is 0. The molecule has 0 bridgehead atoms. The highest BCUT2D eigenvalue weighted by Crippen LogP contribution is 2.26. The van der Waals surface area contributed by atoms with E-state index < -0.39 is 0 Å². The zero-order valence-electron chi connectivity index (χ0n) is 15.6. The smallest absolute Gasteiger partial charge is 0.261 e. The number of carbonyl (C=O) groups is 3. The lowest BCUT2D eigenvalue weighted by atomic mass is 10.0. The summed E-state index contributed by atoms with van der Waals surface area (Å²) in [6.07, 6.45) is 4.78. The summed E-state index contributed by atoms with van der Waals surface area (Å²) in [5.74, 6) is -0.839. The van der Waals surface area contributed by atoms with Gasteiger partial charge in [-0.1, -0.05) is 0 Å². The average molecular weight is 437 g/mol. The Morgan fingerprint density at radius 1 is 1.00 bits per heavy atom. The molecular formula is C20H22Cl2N4O3. The van der Waals surface area contributed by atoms with Crippen LogP contribution in [0.4, 0.5) is 0 Å². The Morgan fingerprint density at radius 2 is 1.62 bits per heavy atom. The van der Waals surface area contributed by atoms with Crippen LogP contribution in [0.3, 0.4) is 0 Å². The van der Waals surface area contributed by atoms with Crippen LogP contribution in [0.15, 0.2) is 42.7 Å². The number of halogens is 2. The van der Waals surface area contributed by atoms with Crippen molar-refractivity contribution in [2.75, 3.05) is 13.1 Å².